The van der Waals surface area contributed by atoms with Crippen LogP contribution < -0.4 is 5.73 Å². The monoisotopic (exact) mass is 185 g/mol. The van der Waals surface area contributed by atoms with E-state index in [4.69, 9.17) is 5.73 Å². The summed E-state index contributed by atoms with van der Waals surface area (Å²) in [5, 5.41) is 0. The molecule has 1 fully saturated rings. The zero-order valence-corrected chi connectivity index (χ0v) is 9.21. The average molecular weight is 185 g/mol. The molecular formula is C10H23N3. The van der Waals surface area contributed by atoms with Gasteiger partial charge in [0, 0.05) is 19.6 Å². The summed E-state index contributed by atoms with van der Waals surface area (Å²) in [6.07, 6.45) is 2.66. The normalized spacial score (nSPS) is 19.8. The van der Waals surface area contributed by atoms with Gasteiger partial charge in [0.25, 0.3) is 0 Å². The number of likely N-dealkylation sites (N-methyl/N-ethyl adjacent to an activating group) is 2. The highest BCUT2D eigenvalue weighted by Crippen LogP contribution is 2.44. The van der Waals surface area contributed by atoms with Gasteiger partial charge in [-0.15, -0.1) is 0 Å². The Morgan fingerprint density at radius 3 is 2.15 bits per heavy atom. The van der Waals surface area contributed by atoms with Crippen LogP contribution in [0.5, 0.6) is 0 Å². The van der Waals surface area contributed by atoms with E-state index in [9.17, 15) is 0 Å². The molecule has 0 spiro atoms. The zero-order chi connectivity index (χ0) is 9.90. The SMILES string of the molecule is CN(C)CCN(C)CC1(CN)CC1. The highest BCUT2D eigenvalue weighted by atomic mass is 15.2. The Morgan fingerprint density at radius 1 is 1.15 bits per heavy atom. The Bertz CT molecular complexity index is 152. The van der Waals surface area contributed by atoms with Crippen LogP contribution in [0.25, 0.3) is 0 Å². The molecule has 1 aliphatic carbocycles. The Kier molecular flexibility index (Phi) is 3.71. The van der Waals surface area contributed by atoms with Gasteiger partial charge in [-0.1, -0.05) is 0 Å². The van der Waals surface area contributed by atoms with E-state index >= 15 is 0 Å². The molecule has 0 amide bonds. The molecule has 2 N–H and O–H groups in total. The third-order valence-electron chi connectivity index (χ3n) is 2.92. The lowest BCUT2D eigenvalue weighted by Gasteiger charge is -2.23. The van der Waals surface area contributed by atoms with Crippen LogP contribution in [0.15, 0.2) is 0 Å². The van der Waals surface area contributed by atoms with Crippen LogP contribution in [-0.2, 0) is 0 Å². The summed E-state index contributed by atoms with van der Waals surface area (Å²) < 4.78 is 0. The highest BCUT2D eigenvalue weighted by Gasteiger charge is 2.41. The molecule has 1 aliphatic rings. The molecule has 0 aromatic heterocycles. The number of hydrogen-bond acceptors (Lipinski definition) is 3. The van der Waals surface area contributed by atoms with Crippen molar-refractivity contribution in [3.63, 3.8) is 0 Å². The molecule has 3 heteroatoms. The van der Waals surface area contributed by atoms with Crippen molar-refractivity contribution in [1.29, 1.82) is 0 Å². The van der Waals surface area contributed by atoms with Crippen molar-refractivity contribution in [3.8, 4) is 0 Å². The molecule has 0 aliphatic heterocycles. The molecule has 0 atom stereocenters. The second kappa shape index (κ2) is 4.40. The van der Waals surface area contributed by atoms with Gasteiger partial charge in [0.05, 0.1) is 0 Å². The molecule has 3 nitrogen and oxygen atoms in total. The molecule has 0 bridgehead atoms. The first-order valence-corrected chi connectivity index (χ1v) is 5.11. The third kappa shape index (κ3) is 3.63. The van der Waals surface area contributed by atoms with Gasteiger partial charge in [-0.3, -0.25) is 0 Å². The van der Waals surface area contributed by atoms with Crippen molar-refractivity contribution >= 4 is 0 Å². The van der Waals surface area contributed by atoms with Gasteiger partial charge in [0.1, 0.15) is 0 Å². The number of nitrogens with two attached hydrogens (primary N) is 1. The molecule has 0 aromatic carbocycles. The van der Waals surface area contributed by atoms with Gasteiger partial charge >= 0.3 is 0 Å². The molecule has 0 heterocycles. The van der Waals surface area contributed by atoms with Gasteiger partial charge in [0.2, 0.25) is 0 Å². The second-order valence-corrected chi connectivity index (χ2v) is 4.75. The Hall–Kier alpha value is -0.120. The van der Waals surface area contributed by atoms with E-state index in [0.717, 1.165) is 19.6 Å². The van der Waals surface area contributed by atoms with E-state index in [1.807, 2.05) is 0 Å². The van der Waals surface area contributed by atoms with Crippen LogP contribution in [0.2, 0.25) is 0 Å². The van der Waals surface area contributed by atoms with Crippen molar-refractivity contribution in [2.45, 2.75) is 12.8 Å². The molecule has 1 saturated carbocycles. The average Bonchev–Trinajstić information content (AvgIpc) is 2.82. The maximum atomic E-state index is 5.74. The van der Waals surface area contributed by atoms with Crippen molar-refractivity contribution in [2.24, 2.45) is 11.1 Å². The summed E-state index contributed by atoms with van der Waals surface area (Å²) in [4.78, 5) is 4.62. The van der Waals surface area contributed by atoms with E-state index in [2.05, 4.69) is 30.9 Å². The molecule has 0 unspecified atom stereocenters. The van der Waals surface area contributed by atoms with Crippen molar-refractivity contribution in [1.82, 2.24) is 9.80 Å². The third-order valence-corrected chi connectivity index (χ3v) is 2.92. The topological polar surface area (TPSA) is 32.5 Å². The van der Waals surface area contributed by atoms with Gasteiger partial charge in [0.15, 0.2) is 0 Å². The summed E-state index contributed by atoms with van der Waals surface area (Å²) >= 11 is 0. The molecule has 0 aromatic rings. The van der Waals surface area contributed by atoms with Crippen LogP contribution in [0.3, 0.4) is 0 Å². The van der Waals surface area contributed by atoms with Crippen LogP contribution in [0, 0.1) is 5.41 Å². The molecule has 1 rings (SSSR count). The first-order chi connectivity index (χ1) is 6.08. The van der Waals surface area contributed by atoms with Gasteiger partial charge in [-0.25, -0.2) is 0 Å². The largest absolute Gasteiger partial charge is 0.330 e. The number of rotatable bonds is 6. The van der Waals surface area contributed by atoms with Crippen molar-refractivity contribution < 1.29 is 0 Å². The van der Waals surface area contributed by atoms with E-state index < -0.39 is 0 Å². The minimum Gasteiger partial charge on any atom is -0.330 e. The zero-order valence-electron chi connectivity index (χ0n) is 9.21. The molecule has 0 saturated heterocycles. The van der Waals surface area contributed by atoms with Gasteiger partial charge in [-0.2, -0.15) is 0 Å². The summed E-state index contributed by atoms with van der Waals surface area (Å²) in [5.74, 6) is 0. The van der Waals surface area contributed by atoms with Crippen LogP contribution >= 0.6 is 0 Å². The molecule has 0 radical (unpaired) electrons. The van der Waals surface area contributed by atoms with E-state index in [-0.39, 0.29) is 0 Å². The summed E-state index contributed by atoms with van der Waals surface area (Å²) in [7, 11) is 6.42. The summed E-state index contributed by atoms with van der Waals surface area (Å²) in [6.45, 7) is 4.32. The van der Waals surface area contributed by atoms with E-state index in [1.54, 1.807) is 0 Å². The Labute approximate surface area is 81.9 Å². The Morgan fingerprint density at radius 2 is 1.77 bits per heavy atom. The lowest BCUT2D eigenvalue weighted by molar-refractivity contribution is 0.239. The first kappa shape index (κ1) is 11.0. The summed E-state index contributed by atoms with van der Waals surface area (Å²) in [6, 6.07) is 0. The minimum absolute atomic E-state index is 0.487. The summed E-state index contributed by atoms with van der Waals surface area (Å²) in [5.41, 5.74) is 6.22. The smallest absolute Gasteiger partial charge is 0.0106 e. The molecule has 78 valence electrons. The number of hydrogen-bond donors (Lipinski definition) is 1. The van der Waals surface area contributed by atoms with Crippen molar-refractivity contribution in [2.75, 3.05) is 47.3 Å². The van der Waals surface area contributed by atoms with E-state index in [1.165, 1.54) is 19.4 Å². The van der Waals surface area contributed by atoms with Crippen LogP contribution in [0.4, 0.5) is 0 Å². The van der Waals surface area contributed by atoms with Crippen LogP contribution in [-0.4, -0.2) is 57.1 Å². The fourth-order valence-corrected chi connectivity index (χ4v) is 1.63. The Balaban J connectivity index is 2.14. The fourth-order valence-electron chi connectivity index (χ4n) is 1.63. The van der Waals surface area contributed by atoms with Crippen molar-refractivity contribution in [3.05, 3.63) is 0 Å². The highest BCUT2D eigenvalue weighted by molar-refractivity contribution is 4.95. The molecule has 13 heavy (non-hydrogen) atoms. The number of nitrogens with zero attached hydrogens (tertiary/aromatic N) is 2. The standard InChI is InChI=1S/C10H23N3/c1-12(2)6-7-13(3)9-10(8-11)4-5-10/h4-9,11H2,1-3H3. The minimum atomic E-state index is 0.487. The maximum Gasteiger partial charge on any atom is 0.0106 e. The van der Waals surface area contributed by atoms with Gasteiger partial charge < -0.3 is 15.5 Å². The lowest BCUT2D eigenvalue weighted by atomic mass is 10.1. The predicted octanol–water partition coefficient (Wildman–Crippen LogP) is 0.219. The predicted molar refractivity (Wildman–Crippen MR) is 56.8 cm³/mol. The lowest BCUT2D eigenvalue weighted by Crippen LogP contribution is -2.35. The molecular weight excluding hydrogens is 162 g/mol. The fraction of sp³-hybridized carbons (Fsp3) is 1.00. The van der Waals surface area contributed by atoms with Gasteiger partial charge in [-0.05, 0) is 45.9 Å². The van der Waals surface area contributed by atoms with E-state index in [0.29, 0.717) is 5.41 Å². The first-order valence-electron chi connectivity index (χ1n) is 5.11. The maximum absolute atomic E-state index is 5.74. The second-order valence-electron chi connectivity index (χ2n) is 4.75. The van der Waals surface area contributed by atoms with Crippen LogP contribution in [0.1, 0.15) is 12.8 Å². The quantitative estimate of drug-likeness (QED) is 0.642.